The van der Waals surface area contributed by atoms with Gasteiger partial charge in [-0.25, -0.2) is 0 Å². The number of benzene rings is 2. The van der Waals surface area contributed by atoms with Gasteiger partial charge in [-0.1, -0.05) is 56.3 Å². The van der Waals surface area contributed by atoms with Crippen LogP contribution in [-0.2, 0) is 22.6 Å². The third kappa shape index (κ3) is 5.24. The van der Waals surface area contributed by atoms with Crippen LogP contribution in [0.2, 0.25) is 0 Å². The molecular weight excluding hydrogens is 500 g/mol. The highest BCUT2D eigenvalue weighted by Gasteiger charge is 2.47. The van der Waals surface area contributed by atoms with Gasteiger partial charge in [0.1, 0.15) is 6.23 Å². The second kappa shape index (κ2) is 11.3. The number of aliphatic hydroxyl groups is 1. The van der Waals surface area contributed by atoms with Gasteiger partial charge in [0.15, 0.2) is 0 Å². The van der Waals surface area contributed by atoms with Crippen LogP contribution in [0.3, 0.4) is 0 Å². The van der Waals surface area contributed by atoms with Crippen LogP contribution in [0.4, 0.5) is 0 Å². The molecule has 2 aromatic carbocycles. The number of hydrogen-bond acceptors (Lipinski definition) is 7. The number of fused-ring (bicyclic) bond motifs is 1. The van der Waals surface area contributed by atoms with E-state index in [2.05, 4.69) is 24.1 Å². The molecule has 8 nitrogen and oxygen atoms in total. The van der Waals surface area contributed by atoms with Crippen LogP contribution >= 0.6 is 11.3 Å². The number of rotatable bonds is 9. The van der Waals surface area contributed by atoms with Crippen LogP contribution in [-0.4, -0.2) is 69.8 Å². The summed E-state index contributed by atoms with van der Waals surface area (Å²) >= 11 is 1.59. The van der Waals surface area contributed by atoms with Crippen molar-refractivity contribution < 1.29 is 19.4 Å². The molecule has 5 rings (SSSR count). The molecule has 1 fully saturated rings. The molecule has 0 saturated carbocycles. The SMILES string of the molecule is COC([C@H](C(C)C)N1Cc2ccccc2C1=O)N1C[C@H](O)C[C@H]1C(=O)NCc1ccc(-c2cncs2)cc1. The molecule has 1 aromatic heterocycles. The van der Waals surface area contributed by atoms with Crippen LogP contribution in [0, 0.1) is 5.92 Å². The lowest BCUT2D eigenvalue weighted by Gasteiger charge is -2.42. The Labute approximate surface area is 227 Å². The normalized spacial score (nSPS) is 21.1. The lowest BCUT2D eigenvalue weighted by molar-refractivity contribution is -0.137. The fourth-order valence-corrected chi connectivity index (χ4v) is 6.29. The minimum absolute atomic E-state index is 0.0242. The van der Waals surface area contributed by atoms with Gasteiger partial charge in [-0.3, -0.25) is 19.5 Å². The Bertz CT molecular complexity index is 1260. The van der Waals surface area contributed by atoms with Gasteiger partial charge >= 0.3 is 0 Å². The van der Waals surface area contributed by atoms with Crippen molar-refractivity contribution in [1.82, 2.24) is 20.1 Å². The van der Waals surface area contributed by atoms with E-state index in [-0.39, 0.29) is 23.8 Å². The number of thiazole rings is 1. The van der Waals surface area contributed by atoms with Gasteiger partial charge in [0, 0.05) is 38.5 Å². The number of β-amino-alcohol motifs (C(OH)–C–C–N with tert-alkyl or cyclic N) is 1. The van der Waals surface area contributed by atoms with Gasteiger partial charge in [0.2, 0.25) is 5.91 Å². The quantitative estimate of drug-likeness (QED) is 0.436. The van der Waals surface area contributed by atoms with Crippen molar-refractivity contribution in [2.75, 3.05) is 13.7 Å². The van der Waals surface area contributed by atoms with Gasteiger partial charge in [-0.2, -0.15) is 0 Å². The summed E-state index contributed by atoms with van der Waals surface area (Å²) in [7, 11) is 1.61. The van der Waals surface area contributed by atoms with Gasteiger partial charge in [-0.15, -0.1) is 11.3 Å². The standard InChI is InChI=1S/C29H34N4O4S/c1-18(2)26(33-15-21-6-4-5-7-23(21)28(33)36)29(37-3)32-16-22(34)12-24(32)27(35)31-13-19-8-10-20(11-9-19)25-14-30-17-38-25/h4-11,14,17-18,22,24,26,29,34H,12-13,15-16H2,1-3H3,(H,31,35)/t22-,24+,26+,29?/m1/s1. The highest BCUT2D eigenvalue weighted by Crippen LogP contribution is 2.33. The number of nitrogens with zero attached hydrogens (tertiary/aromatic N) is 3. The molecule has 0 radical (unpaired) electrons. The predicted molar refractivity (Wildman–Crippen MR) is 146 cm³/mol. The monoisotopic (exact) mass is 534 g/mol. The molecule has 1 unspecified atom stereocenters. The molecular formula is C29H34N4O4S. The smallest absolute Gasteiger partial charge is 0.254 e. The summed E-state index contributed by atoms with van der Waals surface area (Å²) in [4.78, 5) is 35.7. The van der Waals surface area contributed by atoms with Crippen molar-refractivity contribution in [3.8, 4) is 10.4 Å². The number of ether oxygens (including phenoxy) is 1. The van der Waals surface area contributed by atoms with E-state index < -0.39 is 18.4 Å². The number of amides is 2. The molecule has 2 N–H and O–H groups in total. The molecule has 2 amide bonds. The molecule has 9 heteroatoms. The van der Waals surface area contributed by atoms with Gasteiger partial charge in [0.05, 0.1) is 28.6 Å². The number of methoxy groups -OCH3 is 1. The number of nitrogens with one attached hydrogen (secondary N) is 1. The van der Waals surface area contributed by atoms with E-state index in [1.807, 2.05) is 64.5 Å². The molecule has 3 aromatic rings. The molecule has 0 aliphatic carbocycles. The van der Waals surface area contributed by atoms with E-state index in [1.54, 1.807) is 24.0 Å². The van der Waals surface area contributed by atoms with Crippen LogP contribution in [0.15, 0.2) is 60.2 Å². The summed E-state index contributed by atoms with van der Waals surface area (Å²) in [5.74, 6) is -0.116. The lowest BCUT2D eigenvalue weighted by atomic mass is 9.99. The molecule has 2 aliphatic heterocycles. The van der Waals surface area contributed by atoms with E-state index in [0.29, 0.717) is 31.6 Å². The molecule has 200 valence electrons. The van der Waals surface area contributed by atoms with E-state index in [4.69, 9.17) is 4.74 Å². The van der Waals surface area contributed by atoms with Crippen LogP contribution in [0.5, 0.6) is 0 Å². The molecule has 0 spiro atoms. The molecule has 0 bridgehead atoms. The molecule has 1 saturated heterocycles. The van der Waals surface area contributed by atoms with Crippen LogP contribution < -0.4 is 5.32 Å². The largest absolute Gasteiger partial charge is 0.392 e. The van der Waals surface area contributed by atoms with Crippen molar-refractivity contribution >= 4 is 23.2 Å². The number of carbonyl (C=O) groups excluding carboxylic acids is 2. The van der Waals surface area contributed by atoms with Crippen molar-refractivity contribution in [3.63, 3.8) is 0 Å². The number of hydrogen-bond donors (Lipinski definition) is 2. The van der Waals surface area contributed by atoms with Gasteiger partial charge < -0.3 is 20.1 Å². The highest BCUT2D eigenvalue weighted by molar-refractivity contribution is 7.13. The topological polar surface area (TPSA) is 95.0 Å². The summed E-state index contributed by atoms with van der Waals surface area (Å²) in [5, 5.41) is 13.6. The first kappa shape index (κ1) is 26.5. The Morgan fingerprint density at radius 1 is 1.21 bits per heavy atom. The summed E-state index contributed by atoms with van der Waals surface area (Å²) in [5.41, 5.74) is 5.59. The Morgan fingerprint density at radius 3 is 2.63 bits per heavy atom. The maximum absolute atomic E-state index is 13.4. The molecule has 3 heterocycles. The highest BCUT2D eigenvalue weighted by atomic mass is 32.1. The summed E-state index contributed by atoms with van der Waals surface area (Å²) in [6.45, 7) is 5.31. The van der Waals surface area contributed by atoms with Crippen molar-refractivity contribution in [3.05, 3.63) is 76.9 Å². The van der Waals surface area contributed by atoms with Crippen molar-refractivity contribution in [2.24, 2.45) is 5.92 Å². The lowest BCUT2D eigenvalue weighted by Crippen LogP contribution is -2.58. The first-order valence-electron chi connectivity index (χ1n) is 13.0. The minimum atomic E-state index is -0.652. The fraction of sp³-hybridized carbons (Fsp3) is 0.414. The van der Waals surface area contributed by atoms with Crippen LogP contribution in [0.25, 0.3) is 10.4 Å². The third-order valence-corrected chi connectivity index (χ3v) is 8.33. The second-order valence-corrected chi connectivity index (χ2v) is 11.2. The average Bonchev–Trinajstić information content (AvgIpc) is 3.66. The molecule has 2 aliphatic rings. The first-order valence-corrected chi connectivity index (χ1v) is 13.9. The molecule has 38 heavy (non-hydrogen) atoms. The van der Waals surface area contributed by atoms with Crippen molar-refractivity contribution in [1.29, 1.82) is 0 Å². The van der Waals surface area contributed by atoms with Crippen LogP contribution in [0.1, 0.15) is 41.8 Å². The zero-order valence-corrected chi connectivity index (χ0v) is 22.7. The maximum atomic E-state index is 13.4. The van der Waals surface area contributed by atoms with Gasteiger partial charge in [0.25, 0.3) is 5.91 Å². The van der Waals surface area contributed by atoms with Crippen molar-refractivity contribution in [2.45, 2.75) is 57.8 Å². The molecule has 4 atom stereocenters. The second-order valence-electron chi connectivity index (χ2n) is 10.3. The fourth-order valence-electron chi connectivity index (χ4n) is 5.66. The Morgan fingerprint density at radius 2 is 1.97 bits per heavy atom. The number of likely N-dealkylation sites (tertiary alicyclic amines) is 1. The summed E-state index contributed by atoms with van der Waals surface area (Å²) in [6.07, 6.45) is 0.961. The first-order chi connectivity index (χ1) is 18.4. The van der Waals surface area contributed by atoms with E-state index in [1.165, 1.54) is 0 Å². The minimum Gasteiger partial charge on any atom is -0.392 e. The Hall–Kier alpha value is -3.11. The van der Waals surface area contributed by atoms with Gasteiger partial charge in [-0.05, 0) is 35.1 Å². The van der Waals surface area contributed by atoms with E-state index in [9.17, 15) is 14.7 Å². The summed E-state index contributed by atoms with van der Waals surface area (Å²) < 4.78 is 5.99. The maximum Gasteiger partial charge on any atom is 0.254 e. The predicted octanol–water partition coefficient (Wildman–Crippen LogP) is 3.51. The zero-order chi connectivity index (χ0) is 26.8. The summed E-state index contributed by atoms with van der Waals surface area (Å²) in [6, 6.07) is 14.9. The number of aliphatic hydroxyl groups excluding tert-OH is 1. The van der Waals surface area contributed by atoms with E-state index in [0.717, 1.165) is 21.6 Å². The number of aromatic nitrogens is 1. The van der Waals surface area contributed by atoms with E-state index >= 15 is 0 Å². The Balaban J connectivity index is 1.30. The number of carbonyl (C=O) groups is 2. The third-order valence-electron chi connectivity index (χ3n) is 7.51. The average molecular weight is 535 g/mol. The zero-order valence-electron chi connectivity index (χ0n) is 21.9. The Kier molecular flexibility index (Phi) is 7.90.